The number of carbonyl (C=O) groups is 1. The Balaban J connectivity index is 2.47. The molecule has 0 fully saturated rings. The van der Waals surface area contributed by atoms with Crippen LogP contribution in [0.3, 0.4) is 0 Å². The van der Waals surface area contributed by atoms with E-state index in [-0.39, 0.29) is 5.75 Å². The van der Waals surface area contributed by atoms with Gasteiger partial charge in [0.05, 0.1) is 4.92 Å². The predicted octanol–water partition coefficient (Wildman–Crippen LogP) is 2.58. The largest absolute Gasteiger partial charge is 0.484 e. The Labute approximate surface area is 131 Å². The Kier molecular flexibility index (Phi) is 4.72. The minimum absolute atomic E-state index is 0.133. The lowest BCUT2D eigenvalue weighted by atomic mass is 10.2. The van der Waals surface area contributed by atoms with Crippen molar-refractivity contribution in [2.45, 2.75) is 6.92 Å². The normalized spacial score (nSPS) is 11.1. The first-order valence-electron chi connectivity index (χ1n) is 6.33. The highest BCUT2D eigenvalue weighted by Gasteiger charge is 2.45. The second kappa shape index (κ2) is 6.39. The van der Waals surface area contributed by atoms with Crippen LogP contribution >= 0.6 is 7.94 Å². The highest BCUT2D eigenvalue weighted by molar-refractivity contribution is 7.76. The van der Waals surface area contributed by atoms with Crippen molar-refractivity contribution < 1.29 is 29.1 Å². The lowest BCUT2D eigenvalue weighted by Crippen LogP contribution is -2.08. The molecular formula is C14H13NO7P+. The average molecular weight is 338 g/mol. The van der Waals surface area contributed by atoms with E-state index in [1.54, 1.807) is 24.3 Å². The van der Waals surface area contributed by atoms with Gasteiger partial charge in [0.2, 0.25) is 0 Å². The van der Waals surface area contributed by atoms with Crippen LogP contribution in [-0.2, 0) is 0 Å². The molecule has 0 saturated heterocycles. The van der Waals surface area contributed by atoms with E-state index in [4.69, 9.17) is 19.4 Å². The third kappa shape index (κ3) is 4.08. The third-order valence-corrected chi connectivity index (χ3v) is 3.71. The van der Waals surface area contributed by atoms with E-state index in [0.717, 1.165) is 23.8 Å². The zero-order valence-corrected chi connectivity index (χ0v) is 12.8. The SMILES string of the molecule is Cc1ccc(Oc2ccc([N+](=O)[O-])cc2C(=O)[P+](O)(O)O)cc1. The Morgan fingerprint density at radius 1 is 1.13 bits per heavy atom. The van der Waals surface area contributed by atoms with Crippen molar-refractivity contribution >= 4 is 19.2 Å². The van der Waals surface area contributed by atoms with Crippen molar-refractivity contribution in [1.82, 2.24) is 0 Å². The van der Waals surface area contributed by atoms with E-state index in [9.17, 15) is 14.9 Å². The summed E-state index contributed by atoms with van der Waals surface area (Å²) in [5.41, 5.74) is -1.38. The predicted molar refractivity (Wildman–Crippen MR) is 82.3 cm³/mol. The summed E-state index contributed by atoms with van der Waals surface area (Å²) < 4.78 is 5.46. The first-order chi connectivity index (χ1) is 10.7. The number of ether oxygens (including phenoxy) is 1. The van der Waals surface area contributed by atoms with Gasteiger partial charge in [-0.1, -0.05) is 17.7 Å². The monoisotopic (exact) mass is 338 g/mol. The summed E-state index contributed by atoms with van der Waals surface area (Å²) in [6, 6.07) is 9.82. The van der Waals surface area contributed by atoms with E-state index in [1.807, 2.05) is 6.92 Å². The summed E-state index contributed by atoms with van der Waals surface area (Å²) in [7, 11) is -4.86. The smallest absolute Gasteiger partial charge is 0.456 e. The topological polar surface area (TPSA) is 130 Å². The first-order valence-corrected chi connectivity index (χ1v) is 7.98. The molecule has 23 heavy (non-hydrogen) atoms. The van der Waals surface area contributed by atoms with E-state index >= 15 is 0 Å². The molecule has 3 N–H and O–H groups in total. The van der Waals surface area contributed by atoms with Crippen molar-refractivity contribution in [2.24, 2.45) is 0 Å². The minimum Gasteiger partial charge on any atom is -0.456 e. The van der Waals surface area contributed by atoms with Gasteiger partial charge >= 0.3 is 13.5 Å². The molecule has 0 bridgehead atoms. The van der Waals surface area contributed by atoms with Crippen molar-refractivity contribution in [2.75, 3.05) is 0 Å². The highest BCUT2D eigenvalue weighted by atomic mass is 31.2. The number of hydrogen-bond donors (Lipinski definition) is 3. The van der Waals surface area contributed by atoms with Crippen LogP contribution < -0.4 is 4.74 Å². The molecule has 2 aromatic carbocycles. The van der Waals surface area contributed by atoms with Gasteiger partial charge in [-0.3, -0.25) is 10.1 Å². The van der Waals surface area contributed by atoms with Crippen LogP contribution in [0, 0.1) is 17.0 Å². The van der Waals surface area contributed by atoms with Crippen LogP contribution in [0.4, 0.5) is 5.69 Å². The molecule has 0 heterocycles. The number of aryl methyl sites for hydroxylation is 1. The molecular weight excluding hydrogens is 325 g/mol. The van der Waals surface area contributed by atoms with Gasteiger partial charge in [-0.25, -0.2) is 4.79 Å². The van der Waals surface area contributed by atoms with Crippen LogP contribution in [-0.4, -0.2) is 25.1 Å². The molecule has 8 nitrogen and oxygen atoms in total. The van der Waals surface area contributed by atoms with E-state index in [0.29, 0.717) is 5.75 Å². The quantitative estimate of drug-likeness (QED) is 0.434. The molecule has 120 valence electrons. The van der Waals surface area contributed by atoms with Crippen molar-refractivity contribution in [3.8, 4) is 11.5 Å². The van der Waals surface area contributed by atoms with Crippen molar-refractivity contribution in [3.05, 3.63) is 63.7 Å². The number of benzene rings is 2. The summed E-state index contributed by atoms with van der Waals surface area (Å²) in [4.78, 5) is 49.4. The number of rotatable bonds is 5. The minimum atomic E-state index is -4.86. The fourth-order valence-electron chi connectivity index (χ4n) is 1.78. The van der Waals surface area contributed by atoms with E-state index in [1.165, 1.54) is 0 Å². The van der Waals surface area contributed by atoms with Crippen molar-refractivity contribution in [1.29, 1.82) is 0 Å². The first kappa shape index (κ1) is 17.0. The van der Waals surface area contributed by atoms with Crippen LogP contribution in [0.2, 0.25) is 0 Å². The van der Waals surface area contributed by atoms with Crippen LogP contribution in [0.1, 0.15) is 15.9 Å². The molecule has 2 aromatic rings. The number of hydrogen-bond acceptors (Lipinski definition) is 7. The van der Waals surface area contributed by atoms with E-state index < -0.39 is 29.6 Å². The maximum absolute atomic E-state index is 11.9. The van der Waals surface area contributed by atoms with Crippen LogP contribution in [0.15, 0.2) is 42.5 Å². The average Bonchev–Trinajstić information content (AvgIpc) is 2.48. The van der Waals surface area contributed by atoms with Gasteiger partial charge in [-0.2, -0.15) is 14.7 Å². The zero-order chi connectivity index (χ0) is 17.2. The Hall–Kier alpha value is -2.38. The van der Waals surface area contributed by atoms with Gasteiger partial charge in [0.25, 0.3) is 5.69 Å². The second-order valence-electron chi connectivity index (χ2n) is 4.73. The third-order valence-electron chi connectivity index (χ3n) is 2.93. The number of carbonyl (C=O) groups excluding carboxylic acids is 1. The summed E-state index contributed by atoms with van der Waals surface area (Å²) in [6.07, 6.45) is 0. The molecule has 0 unspecified atom stereocenters. The van der Waals surface area contributed by atoms with Crippen LogP contribution in [0.5, 0.6) is 11.5 Å². The van der Waals surface area contributed by atoms with Crippen LogP contribution in [0.25, 0.3) is 0 Å². The summed E-state index contributed by atoms with van der Waals surface area (Å²) >= 11 is 0. The number of nitrogens with zero attached hydrogens (tertiary/aromatic N) is 1. The molecule has 2 rings (SSSR count). The summed E-state index contributed by atoms with van der Waals surface area (Å²) in [5.74, 6) is 0.210. The maximum Gasteiger partial charge on any atom is 0.484 e. The van der Waals surface area contributed by atoms with Gasteiger partial charge in [0, 0.05) is 12.1 Å². The molecule has 0 aliphatic rings. The lowest BCUT2D eigenvalue weighted by Gasteiger charge is -2.10. The van der Waals surface area contributed by atoms with Crippen molar-refractivity contribution in [3.63, 3.8) is 0 Å². The zero-order valence-electron chi connectivity index (χ0n) is 11.9. The standard InChI is InChI=1S/C14H13NO7P/c1-9-2-5-11(6-3-9)22-13-7-4-10(15(17)18)8-12(13)14(16)23(19,20)21/h2-8,19-21H,1H3/q+1. The Bertz CT molecular complexity index is 753. The summed E-state index contributed by atoms with van der Waals surface area (Å²) in [5, 5.41) is 10.8. The Morgan fingerprint density at radius 3 is 2.26 bits per heavy atom. The number of non-ortho nitro benzene ring substituents is 1. The van der Waals surface area contributed by atoms with Gasteiger partial charge < -0.3 is 4.74 Å². The summed E-state index contributed by atoms with van der Waals surface area (Å²) in [6.45, 7) is 1.87. The Morgan fingerprint density at radius 2 is 1.74 bits per heavy atom. The molecule has 0 spiro atoms. The second-order valence-corrected chi connectivity index (χ2v) is 6.27. The fraction of sp³-hybridized carbons (Fsp3) is 0.0714. The lowest BCUT2D eigenvalue weighted by molar-refractivity contribution is -0.384. The molecule has 9 heteroatoms. The van der Waals surface area contributed by atoms with Gasteiger partial charge in [0.1, 0.15) is 17.1 Å². The highest BCUT2D eigenvalue weighted by Crippen LogP contribution is 2.50. The molecule has 0 saturated carbocycles. The number of nitro benzene ring substituents is 1. The molecule has 0 amide bonds. The van der Waals surface area contributed by atoms with E-state index in [2.05, 4.69) is 0 Å². The van der Waals surface area contributed by atoms with Gasteiger partial charge in [-0.05, 0) is 25.1 Å². The molecule has 0 radical (unpaired) electrons. The molecule has 0 aliphatic carbocycles. The van der Waals surface area contributed by atoms with Gasteiger partial charge in [0.15, 0.2) is 0 Å². The van der Waals surface area contributed by atoms with Gasteiger partial charge in [-0.15, -0.1) is 0 Å². The fourth-order valence-corrected chi connectivity index (χ4v) is 2.28. The molecule has 0 aromatic heterocycles. The molecule has 0 aliphatic heterocycles. The molecule has 0 atom stereocenters. The maximum atomic E-state index is 11.9. The number of nitro groups is 1.